The van der Waals surface area contributed by atoms with E-state index in [1.165, 1.54) is 12.1 Å². The molecule has 10 heteroatoms. The van der Waals surface area contributed by atoms with Crippen LogP contribution < -0.4 is 19.5 Å². The number of likely N-dealkylation sites (tertiary alicyclic amines) is 1. The van der Waals surface area contributed by atoms with Gasteiger partial charge in [-0.1, -0.05) is 32.0 Å². The molecule has 8 nitrogen and oxygen atoms in total. The minimum absolute atomic E-state index is 0.0356. The van der Waals surface area contributed by atoms with Gasteiger partial charge in [0.2, 0.25) is 5.91 Å². The van der Waals surface area contributed by atoms with E-state index in [9.17, 15) is 19.1 Å². The normalized spacial score (nSPS) is 19.3. The Balaban J connectivity index is 1.45. The topological polar surface area (TPSA) is 97.3 Å². The van der Waals surface area contributed by atoms with Crippen molar-refractivity contribution in [3.63, 3.8) is 0 Å². The van der Waals surface area contributed by atoms with Crippen molar-refractivity contribution in [1.29, 1.82) is 0 Å². The Morgan fingerprint density at radius 2 is 1.67 bits per heavy atom. The SMILES string of the molecule is CCc1cc(F)cc(CC)c1NC(=O)CN1C[C@H](c2ccc3c(c2)OCCO3)C(C(=O)O)[C@@H]1c1ccc(OCCCSC)cc1. The van der Waals surface area contributed by atoms with Crippen LogP contribution in [0.3, 0.4) is 0 Å². The number of carboxylic acid groups (broad SMARTS) is 1. The van der Waals surface area contributed by atoms with E-state index >= 15 is 0 Å². The van der Waals surface area contributed by atoms with Gasteiger partial charge in [-0.05, 0) is 89.9 Å². The first-order valence-electron chi connectivity index (χ1n) is 15.5. The number of aliphatic carboxylic acids is 1. The zero-order valence-corrected chi connectivity index (χ0v) is 26.8. The Morgan fingerprint density at radius 1 is 1.00 bits per heavy atom. The molecule has 1 unspecified atom stereocenters. The van der Waals surface area contributed by atoms with Gasteiger partial charge in [0.25, 0.3) is 0 Å². The fourth-order valence-corrected chi connectivity index (χ4v) is 6.79. The standard InChI is InChI=1S/C35H41FN2O6S/c1-4-22-17-26(36)18-23(5-2)33(22)37-31(39)21-38-20-28(25-9-12-29-30(19-25)44-15-14-43-29)32(35(40)41)34(38)24-7-10-27(11-8-24)42-13-6-16-45-3/h7-12,17-19,28,32,34H,4-6,13-16,20-21H2,1-3H3,(H,37,39)(H,40,41)/t28-,32?,34+/m1/s1. The van der Waals surface area contributed by atoms with E-state index in [1.807, 2.05) is 61.2 Å². The Hall–Kier alpha value is -3.76. The molecule has 0 aromatic heterocycles. The van der Waals surface area contributed by atoms with Gasteiger partial charge in [-0.2, -0.15) is 11.8 Å². The number of rotatable bonds is 13. The first kappa shape index (κ1) is 32.6. The molecule has 2 aliphatic rings. The first-order valence-corrected chi connectivity index (χ1v) is 16.9. The van der Waals surface area contributed by atoms with Crippen molar-refractivity contribution in [3.05, 3.63) is 82.7 Å². The molecular formula is C35H41FN2O6S. The number of amides is 1. The number of carboxylic acids is 1. The maximum Gasteiger partial charge on any atom is 0.309 e. The minimum atomic E-state index is -0.944. The van der Waals surface area contributed by atoms with Gasteiger partial charge in [0, 0.05) is 24.2 Å². The van der Waals surface area contributed by atoms with Gasteiger partial charge in [-0.3, -0.25) is 14.5 Å². The van der Waals surface area contributed by atoms with Gasteiger partial charge in [0.15, 0.2) is 11.5 Å². The predicted octanol–water partition coefficient (Wildman–Crippen LogP) is 6.33. The molecule has 240 valence electrons. The zero-order valence-electron chi connectivity index (χ0n) is 26.0. The summed E-state index contributed by atoms with van der Waals surface area (Å²) in [5.41, 5.74) is 3.68. The van der Waals surface area contributed by atoms with E-state index in [4.69, 9.17) is 14.2 Å². The number of benzene rings is 3. The number of hydrogen-bond donors (Lipinski definition) is 2. The summed E-state index contributed by atoms with van der Waals surface area (Å²) in [6, 6.07) is 15.4. The number of anilines is 1. The first-order chi connectivity index (χ1) is 21.8. The second-order valence-electron chi connectivity index (χ2n) is 11.4. The van der Waals surface area contributed by atoms with Crippen molar-refractivity contribution in [3.8, 4) is 17.2 Å². The molecule has 2 N–H and O–H groups in total. The number of carbonyl (C=O) groups is 2. The number of nitrogens with one attached hydrogen (secondary N) is 1. The van der Waals surface area contributed by atoms with Gasteiger partial charge in [0.1, 0.15) is 24.8 Å². The smallest absolute Gasteiger partial charge is 0.309 e. The summed E-state index contributed by atoms with van der Waals surface area (Å²) < 4.78 is 31.6. The molecule has 3 atom stereocenters. The molecule has 0 spiro atoms. The van der Waals surface area contributed by atoms with Crippen molar-refractivity contribution >= 4 is 29.3 Å². The largest absolute Gasteiger partial charge is 0.494 e. The van der Waals surface area contributed by atoms with Gasteiger partial charge in [-0.25, -0.2) is 4.39 Å². The Bertz CT molecular complexity index is 1470. The van der Waals surface area contributed by atoms with Crippen LogP contribution in [-0.2, 0) is 22.4 Å². The molecule has 0 radical (unpaired) electrons. The zero-order chi connectivity index (χ0) is 31.9. The lowest BCUT2D eigenvalue weighted by Crippen LogP contribution is -2.35. The number of fused-ring (bicyclic) bond motifs is 1. The number of halogens is 1. The van der Waals surface area contributed by atoms with Crippen LogP contribution in [0.1, 0.15) is 54.5 Å². The van der Waals surface area contributed by atoms with Crippen molar-refractivity contribution in [2.24, 2.45) is 5.92 Å². The summed E-state index contributed by atoms with van der Waals surface area (Å²) in [6.07, 6.45) is 4.11. The van der Waals surface area contributed by atoms with Crippen molar-refractivity contribution in [1.82, 2.24) is 4.90 Å². The number of nitrogens with zero attached hydrogens (tertiary/aromatic N) is 1. The number of aryl methyl sites for hydroxylation is 2. The van der Waals surface area contributed by atoms with Crippen LogP contribution in [0.25, 0.3) is 0 Å². The highest BCUT2D eigenvalue weighted by atomic mass is 32.2. The Labute approximate surface area is 268 Å². The summed E-state index contributed by atoms with van der Waals surface area (Å²) in [5, 5.41) is 13.7. The average molecular weight is 637 g/mol. The fourth-order valence-electron chi connectivity index (χ4n) is 6.38. The molecular weight excluding hydrogens is 595 g/mol. The molecule has 2 heterocycles. The van der Waals surface area contributed by atoms with Crippen LogP contribution in [0.15, 0.2) is 54.6 Å². The van der Waals surface area contributed by atoms with E-state index in [-0.39, 0.29) is 18.3 Å². The van der Waals surface area contributed by atoms with Crippen LogP contribution in [0, 0.1) is 11.7 Å². The molecule has 3 aromatic carbocycles. The highest BCUT2D eigenvalue weighted by Gasteiger charge is 2.48. The molecule has 0 bridgehead atoms. The molecule has 1 fully saturated rings. The van der Waals surface area contributed by atoms with E-state index in [0.717, 1.165) is 34.4 Å². The maximum absolute atomic E-state index is 14.2. The summed E-state index contributed by atoms with van der Waals surface area (Å²) in [4.78, 5) is 28.6. The molecule has 5 rings (SSSR count). The van der Waals surface area contributed by atoms with Gasteiger partial charge < -0.3 is 24.6 Å². The molecule has 1 saturated heterocycles. The lowest BCUT2D eigenvalue weighted by atomic mass is 9.82. The molecule has 0 saturated carbocycles. The number of hydrogen-bond acceptors (Lipinski definition) is 7. The maximum atomic E-state index is 14.2. The highest BCUT2D eigenvalue weighted by Crippen LogP contribution is 2.47. The summed E-state index contributed by atoms with van der Waals surface area (Å²) in [6.45, 7) is 5.63. The summed E-state index contributed by atoms with van der Waals surface area (Å²) in [7, 11) is 0. The Morgan fingerprint density at radius 3 is 2.31 bits per heavy atom. The summed E-state index contributed by atoms with van der Waals surface area (Å²) in [5.74, 6) is 0.145. The van der Waals surface area contributed by atoms with Gasteiger partial charge in [-0.15, -0.1) is 0 Å². The van der Waals surface area contributed by atoms with Gasteiger partial charge in [0.05, 0.1) is 19.1 Å². The fraction of sp³-hybridized carbons (Fsp3) is 0.429. The van der Waals surface area contributed by atoms with Crippen molar-refractivity contribution < 1.29 is 33.3 Å². The van der Waals surface area contributed by atoms with Crippen LogP contribution in [0.2, 0.25) is 0 Å². The van der Waals surface area contributed by atoms with Crippen LogP contribution in [0.4, 0.5) is 10.1 Å². The highest BCUT2D eigenvalue weighted by molar-refractivity contribution is 7.98. The van der Waals surface area contributed by atoms with E-state index in [0.29, 0.717) is 62.1 Å². The van der Waals surface area contributed by atoms with Crippen molar-refractivity contribution in [2.45, 2.75) is 45.1 Å². The Kier molecular flexibility index (Phi) is 10.9. The number of thioether (sulfide) groups is 1. The van der Waals surface area contributed by atoms with E-state index in [2.05, 4.69) is 11.6 Å². The van der Waals surface area contributed by atoms with E-state index < -0.39 is 23.8 Å². The third-order valence-electron chi connectivity index (χ3n) is 8.50. The quantitative estimate of drug-likeness (QED) is 0.210. The minimum Gasteiger partial charge on any atom is -0.494 e. The van der Waals surface area contributed by atoms with E-state index in [1.54, 1.807) is 11.8 Å². The second-order valence-corrected chi connectivity index (χ2v) is 12.4. The summed E-state index contributed by atoms with van der Waals surface area (Å²) >= 11 is 1.77. The number of carbonyl (C=O) groups excluding carboxylic acids is 1. The molecule has 45 heavy (non-hydrogen) atoms. The average Bonchev–Trinajstić information content (AvgIpc) is 3.42. The van der Waals surface area contributed by atoms with Gasteiger partial charge >= 0.3 is 5.97 Å². The monoisotopic (exact) mass is 636 g/mol. The molecule has 1 amide bonds. The molecule has 3 aromatic rings. The van der Waals surface area contributed by atoms with Crippen LogP contribution in [-0.4, -0.2) is 66.8 Å². The number of ether oxygens (including phenoxy) is 3. The molecule has 2 aliphatic heterocycles. The van der Waals surface area contributed by atoms with Crippen LogP contribution >= 0.6 is 11.8 Å². The lowest BCUT2D eigenvalue weighted by molar-refractivity contribution is -0.143. The molecule has 0 aliphatic carbocycles. The van der Waals surface area contributed by atoms with Crippen LogP contribution in [0.5, 0.6) is 17.2 Å². The third kappa shape index (κ3) is 7.56. The lowest BCUT2D eigenvalue weighted by Gasteiger charge is -2.27. The predicted molar refractivity (Wildman–Crippen MR) is 174 cm³/mol. The third-order valence-corrected chi connectivity index (χ3v) is 9.20. The van der Waals surface area contributed by atoms with Crippen molar-refractivity contribution in [2.75, 3.05) is 50.2 Å². The second kappa shape index (κ2) is 15.0.